The minimum absolute atomic E-state index is 0.0288. The molecule has 1 aromatic rings. The lowest BCUT2D eigenvalue weighted by atomic mass is 10.2. The van der Waals surface area contributed by atoms with Crippen LogP contribution in [-0.2, 0) is 0 Å². The highest BCUT2D eigenvalue weighted by atomic mass is 79.9. The van der Waals surface area contributed by atoms with Crippen LogP contribution in [0.2, 0.25) is 0 Å². The van der Waals surface area contributed by atoms with E-state index in [9.17, 15) is 4.79 Å². The predicted octanol–water partition coefficient (Wildman–Crippen LogP) is 1.92. The molecule has 0 aliphatic rings. The van der Waals surface area contributed by atoms with Crippen LogP contribution >= 0.6 is 15.9 Å². The van der Waals surface area contributed by atoms with Crippen molar-refractivity contribution in [2.24, 2.45) is 5.73 Å². The van der Waals surface area contributed by atoms with E-state index < -0.39 is 0 Å². The number of hydrogen-bond donors (Lipinski definition) is 2. The summed E-state index contributed by atoms with van der Waals surface area (Å²) >= 11 is 3.32. The van der Waals surface area contributed by atoms with Crippen LogP contribution in [0.5, 0.6) is 0 Å². The van der Waals surface area contributed by atoms with Crippen molar-refractivity contribution < 1.29 is 4.79 Å². The fraction of sp³-hybridized carbons (Fsp3) is 0.364. The Labute approximate surface area is 98.2 Å². The first kappa shape index (κ1) is 12.2. The molecule has 1 unspecified atom stereocenters. The summed E-state index contributed by atoms with van der Waals surface area (Å²) in [6.07, 6.45) is 0.860. The Kier molecular flexibility index (Phi) is 4.78. The van der Waals surface area contributed by atoms with E-state index in [-0.39, 0.29) is 11.9 Å². The van der Waals surface area contributed by atoms with E-state index >= 15 is 0 Å². The molecule has 0 aliphatic carbocycles. The maximum absolute atomic E-state index is 11.6. The summed E-state index contributed by atoms with van der Waals surface area (Å²) in [6.45, 7) is 2.51. The highest BCUT2D eigenvalue weighted by Crippen LogP contribution is 2.11. The van der Waals surface area contributed by atoms with Crippen molar-refractivity contribution in [3.05, 3.63) is 34.3 Å². The molecule has 0 bridgehead atoms. The maximum Gasteiger partial charge on any atom is 0.251 e. The number of benzene rings is 1. The Bertz CT molecular complexity index is 341. The van der Waals surface area contributed by atoms with E-state index in [1.54, 1.807) is 12.1 Å². The normalized spacial score (nSPS) is 12.2. The zero-order chi connectivity index (χ0) is 11.3. The Morgan fingerprint density at radius 1 is 1.60 bits per heavy atom. The number of hydrogen-bond acceptors (Lipinski definition) is 2. The van der Waals surface area contributed by atoms with Crippen molar-refractivity contribution >= 4 is 21.8 Å². The van der Waals surface area contributed by atoms with Crippen LogP contribution in [0.4, 0.5) is 0 Å². The van der Waals surface area contributed by atoms with Crippen LogP contribution in [-0.4, -0.2) is 18.5 Å². The second-order valence-corrected chi connectivity index (χ2v) is 4.30. The van der Waals surface area contributed by atoms with E-state index in [0.29, 0.717) is 12.1 Å². The van der Waals surface area contributed by atoms with Crippen molar-refractivity contribution in [2.45, 2.75) is 19.4 Å². The van der Waals surface area contributed by atoms with Gasteiger partial charge in [0.1, 0.15) is 0 Å². The Morgan fingerprint density at radius 2 is 2.33 bits per heavy atom. The molecule has 15 heavy (non-hydrogen) atoms. The SMILES string of the molecule is CCC(N)CNC(=O)c1cccc(Br)c1. The first-order chi connectivity index (χ1) is 7.13. The first-order valence-corrected chi connectivity index (χ1v) is 5.72. The number of carbonyl (C=O) groups is 1. The molecular weight excluding hydrogens is 256 g/mol. The lowest BCUT2D eigenvalue weighted by Crippen LogP contribution is -2.36. The average molecular weight is 271 g/mol. The number of nitrogens with two attached hydrogens (primary N) is 1. The smallest absolute Gasteiger partial charge is 0.251 e. The van der Waals surface area contributed by atoms with Crippen LogP contribution in [0.1, 0.15) is 23.7 Å². The van der Waals surface area contributed by atoms with E-state index in [4.69, 9.17) is 5.73 Å². The van der Waals surface area contributed by atoms with E-state index in [0.717, 1.165) is 10.9 Å². The Hall–Kier alpha value is -0.870. The molecule has 1 aromatic carbocycles. The van der Waals surface area contributed by atoms with Crippen LogP contribution in [0.3, 0.4) is 0 Å². The number of amides is 1. The molecule has 1 rings (SSSR count). The molecule has 82 valence electrons. The zero-order valence-corrected chi connectivity index (χ0v) is 10.3. The monoisotopic (exact) mass is 270 g/mol. The van der Waals surface area contributed by atoms with Crippen molar-refractivity contribution in [3.63, 3.8) is 0 Å². The van der Waals surface area contributed by atoms with Crippen LogP contribution in [0.15, 0.2) is 28.7 Å². The number of nitrogens with one attached hydrogen (secondary N) is 1. The fourth-order valence-electron chi connectivity index (χ4n) is 1.10. The summed E-state index contributed by atoms with van der Waals surface area (Å²) in [5.41, 5.74) is 6.35. The molecule has 0 radical (unpaired) electrons. The van der Waals surface area contributed by atoms with Gasteiger partial charge in [-0.2, -0.15) is 0 Å². The molecule has 1 atom stereocenters. The Morgan fingerprint density at radius 3 is 2.93 bits per heavy atom. The fourth-order valence-corrected chi connectivity index (χ4v) is 1.50. The maximum atomic E-state index is 11.6. The minimum Gasteiger partial charge on any atom is -0.350 e. The van der Waals surface area contributed by atoms with Gasteiger partial charge in [-0.05, 0) is 24.6 Å². The minimum atomic E-state index is -0.0831. The molecule has 0 saturated carbocycles. The van der Waals surface area contributed by atoms with Gasteiger partial charge in [-0.3, -0.25) is 4.79 Å². The van der Waals surface area contributed by atoms with Gasteiger partial charge in [-0.15, -0.1) is 0 Å². The quantitative estimate of drug-likeness (QED) is 0.879. The van der Waals surface area contributed by atoms with Gasteiger partial charge < -0.3 is 11.1 Å². The summed E-state index contributed by atoms with van der Waals surface area (Å²) in [7, 11) is 0. The summed E-state index contributed by atoms with van der Waals surface area (Å²) in [5.74, 6) is -0.0831. The van der Waals surface area contributed by atoms with Gasteiger partial charge >= 0.3 is 0 Å². The van der Waals surface area contributed by atoms with Crippen LogP contribution < -0.4 is 11.1 Å². The molecule has 3 nitrogen and oxygen atoms in total. The third-order valence-electron chi connectivity index (χ3n) is 2.14. The molecule has 0 heterocycles. The molecule has 1 amide bonds. The van der Waals surface area contributed by atoms with Crippen LogP contribution in [0.25, 0.3) is 0 Å². The second-order valence-electron chi connectivity index (χ2n) is 3.39. The zero-order valence-electron chi connectivity index (χ0n) is 8.66. The standard InChI is InChI=1S/C11H15BrN2O/c1-2-10(13)7-14-11(15)8-4-3-5-9(12)6-8/h3-6,10H,2,7,13H2,1H3,(H,14,15). The van der Waals surface area contributed by atoms with Gasteiger partial charge in [0.05, 0.1) is 0 Å². The highest BCUT2D eigenvalue weighted by molar-refractivity contribution is 9.10. The molecule has 3 N–H and O–H groups in total. The molecular formula is C11H15BrN2O. The summed E-state index contributed by atoms with van der Waals surface area (Å²) in [6, 6.07) is 7.30. The van der Waals surface area contributed by atoms with E-state index in [1.807, 2.05) is 19.1 Å². The van der Waals surface area contributed by atoms with Crippen LogP contribution in [0, 0.1) is 0 Å². The lowest BCUT2D eigenvalue weighted by Gasteiger charge is -2.10. The summed E-state index contributed by atoms with van der Waals surface area (Å²) in [4.78, 5) is 11.6. The molecule has 0 aromatic heterocycles. The van der Waals surface area contributed by atoms with E-state index in [2.05, 4.69) is 21.2 Å². The third-order valence-corrected chi connectivity index (χ3v) is 2.63. The molecule has 0 saturated heterocycles. The average Bonchev–Trinajstić information content (AvgIpc) is 2.25. The summed E-state index contributed by atoms with van der Waals surface area (Å²) in [5, 5.41) is 2.79. The van der Waals surface area contributed by atoms with Gasteiger partial charge in [-0.1, -0.05) is 28.9 Å². The van der Waals surface area contributed by atoms with Gasteiger partial charge in [-0.25, -0.2) is 0 Å². The molecule has 0 aliphatic heterocycles. The van der Waals surface area contributed by atoms with Crippen molar-refractivity contribution in [1.29, 1.82) is 0 Å². The molecule has 0 spiro atoms. The number of rotatable bonds is 4. The molecule has 4 heteroatoms. The topological polar surface area (TPSA) is 55.1 Å². The summed E-state index contributed by atoms with van der Waals surface area (Å²) < 4.78 is 0.898. The van der Waals surface area contributed by atoms with Gasteiger partial charge in [0.2, 0.25) is 0 Å². The van der Waals surface area contributed by atoms with Gasteiger partial charge in [0, 0.05) is 22.6 Å². The van der Waals surface area contributed by atoms with Crippen molar-refractivity contribution in [2.75, 3.05) is 6.54 Å². The highest BCUT2D eigenvalue weighted by Gasteiger charge is 2.06. The van der Waals surface area contributed by atoms with E-state index in [1.165, 1.54) is 0 Å². The van der Waals surface area contributed by atoms with Gasteiger partial charge in [0.15, 0.2) is 0 Å². The van der Waals surface area contributed by atoms with Gasteiger partial charge in [0.25, 0.3) is 5.91 Å². The predicted molar refractivity (Wildman–Crippen MR) is 64.7 cm³/mol. The second kappa shape index (κ2) is 5.88. The first-order valence-electron chi connectivity index (χ1n) is 4.92. The van der Waals surface area contributed by atoms with Crippen molar-refractivity contribution in [1.82, 2.24) is 5.32 Å². The lowest BCUT2D eigenvalue weighted by molar-refractivity contribution is 0.0951. The number of halogens is 1. The van der Waals surface area contributed by atoms with Crippen molar-refractivity contribution in [3.8, 4) is 0 Å². The third kappa shape index (κ3) is 4.01. The number of carbonyl (C=O) groups excluding carboxylic acids is 1. The Balaban J connectivity index is 2.54. The largest absolute Gasteiger partial charge is 0.350 e. The molecule has 0 fully saturated rings.